The molecule has 23 heavy (non-hydrogen) atoms. The molecule has 4 heteroatoms. The zero-order valence-corrected chi connectivity index (χ0v) is 15.4. The number of hydrogen-bond acceptors (Lipinski definition) is 3. The zero-order chi connectivity index (χ0) is 17.5. The van der Waals surface area contributed by atoms with Crippen LogP contribution in [0.4, 0.5) is 5.69 Å². The Morgan fingerprint density at radius 2 is 2.00 bits per heavy atom. The molecule has 1 N–H and O–H groups in total. The first kappa shape index (κ1) is 19.5. The summed E-state index contributed by atoms with van der Waals surface area (Å²) >= 11 is 0. The molecule has 1 aromatic carbocycles. The van der Waals surface area contributed by atoms with E-state index in [9.17, 15) is 4.79 Å². The molecule has 1 rings (SSSR count). The highest BCUT2D eigenvalue weighted by atomic mass is 16.5. The number of aryl methyl sites for hydroxylation is 1. The van der Waals surface area contributed by atoms with E-state index in [1.54, 1.807) is 0 Å². The zero-order valence-electron chi connectivity index (χ0n) is 15.4. The maximum absolute atomic E-state index is 12.7. The minimum atomic E-state index is -0.809. The van der Waals surface area contributed by atoms with Gasteiger partial charge in [-0.15, -0.1) is 0 Å². The predicted molar refractivity (Wildman–Crippen MR) is 95.1 cm³/mol. The van der Waals surface area contributed by atoms with Gasteiger partial charge in [-0.25, -0.2) is 0 Å². The molecule has 1 amide bonds. The van der Waals surface area contributed by atoms with Gasteiger partial charge in [-0.1, -0.05) is 20.8 Å². The average Bonchev–Trinajstić information content (AvgIpc) is 2.47. The molecular weight excluding hydrogens is 290 g/mol. The lowest BCUT2D eigenvalue weighted by Crippen LogP contribution is -2.44. The molecule has 0 heterocycles. The Hall–Kier alpha value is -1.55. The van der Waals surface area contributed by atoms with Crippen molar-refractivity contribution in [1.82, 2.24) is 0 Å². The number of hydrogen-bond donors (Lipinski definition) is 1. The molecule has 0 radical (unpaired) electrons. The molecule has 0 aliphatic carbocycles. The molecule has 0 aliphatic rings. The highest BCUT2D eigenvalue weighted by Gasteiger charge is 2.35. The molecular formula is C19H31NO3. The van der Waals surface area contributed by atoms with Gasteiger partial charge in [-0.3, -0.25) is 4.79 Å². The number of amides is 1. The maximum Gasteiger partial charge on any atom is 0.256 e. The largest absolute Gasteiger partial charge is 0.494 e. The first-order chi connectivity index (χ1) is 10.8. The van der Waals surface area contributed by atoms with Crippen LogP contribution in [0.3, 0.4) is 0 Å². The van der Waals surface area contributed by atoms with E-state index in [4.69, 9.17) is 9.47 Å². The molecule has 1 atom stereocenters. The Balaban J connectivity index is 2.87. The Morgan fingerprint density at radius 3 is 2.52 bits per heavy atom. The normalized spacial score (nSPS) is 13.7. The highest BCUT2D eigenvalue weighted by molar-refractivity contribution is 5.97. The van der Waals surface area contributed by atoms with Crippen LogP contribution in [-0.4, -0.2) is 24.7 Å². The molecule has 1 aromatic rings. The van der Waals surface area contributed by atoms with E-state index in [0.29, 0.717) is 25.6 Å². The summed E-state index contributed by atoms with van der Waals surface area (Å²) in [6.45, 7) is 13.3. The van der Waals surface area contributed by atoms with Crippen LogP contribution < -0.4 is 10.1 Å². The van der Waals surface area contributed by atoms with Crippen LogP contribution in [0.25, 0.3) is 0 Å². The smallest absolute Gasteiger partial charge is 0.256 e. The second-order valence-electron chi connectivity index (χ2n) is 6.54. The summed E-state index contributed by atoms with van der Waals surface area (Å²) in [7, 11) is 0. The van der Waals surface area contributed by atoms with Crippen molar-refractivity contribution in [2.24, 2.45) is 5.92 Å². The summed E-state index contributed by atoms with van der Waals surface area (Å²) in [5.41, 5.74) is 0.965. The average molecular weight is 321 g/mol. The first-order valence-corrected chi connectivity index (χ1v) is 8.51. The van der Waals surface area contributed by atoms with Crippen LogP contribution in [0.5, 0.6) is 5.75 Å². The maximum atomic E-state index is 12.7. The van der Waals surface area contributed by atoms with E-state index in [0.717, 1.165) is 23.4 Å². The third-order valence-corrected chi connectivity index (χ3v) is 3.64. The summed E-state index contributed by atoms with van der Waals surface area (Å²) in [5, 5.41) is 2.99. The van der Waals surface area contributed by atoms with Crippen molar-refractivity contribution in [1.29, 1.82) is 0 Å². The standard InChI is InChI=1S/C19H31NO3/c1-7-11-23-19(6,13-14(3)4)18(21)20-16-9-10-17(22-8-2)15(5)12-16/h9-10,12,14H,7-8,11,13H2,1-6H3,(H,20,21)/t19-/m0/s1. The van der Waals surface area contributed by atoms with Crippen LogP contribution in [-0.2, 0) is 9.53 Å². The van der Waals surface area contributed by atoms with Gasteiger partial charge in [0.1, 0.15) is 11.4 Å². The van der Waals surface area contributed by atoms with Crippen molar-refractivity contribution in [2.75, 3.05) is 18.5 Å². The van der Waals surface area contributed by atoms with Crippen LogP contribution in [0.1, 0.15) is 53.0 Å². The van der Waals surface area contributed by atoms with E-state index in [1.165, 1.54) is 0 Å². The third-order valence-electron chi connectivity index (χ3n) is 3.64. The fourth-order valence-corrected chi connectivity index (χ4v) is 2.63. The van der Waals surface area contributed by atoms with E-state index in [1.807, 2.05) is 45.9 Å². The summed E-state index contributed by atoms with van der Waals surface area (Å²) in [5.74, 6) is 1.13. The predicted octanol–water partition coefficient (Wildman–Crippen LogP) is 4.56. The van der Waals surface area contributed by atoms with Crippen molar-refractivity contribution >= 4 is 11.6 Å². The van der Waals surface area contributed by atoms with E-state index in [-0.39, 0.29) is 5.91 Å². The number of benzene rings is 1. The fraction of sp³-hybridized carbons (Fsp3) is 0.632. The van der Waals surface area contributed by atoms with Gasteiger partial charge in [-0.05, 0) is 63.3 Å². The summed E-state index contributed by atoms with van der Waals surface area (Å²) in [6, 6.07) is 5.69. The molecule has 0 saturated carbocycles. The van der Waals surface area contributed by atoms with Crippen LogP contribution in [0.15, 0.2) is 18.2 Å². The molecule has 0 spiro atoms. The van der Waals surface area contributed by atoms with Crippen molar-refractivity contribution in [2.45, 2.75) is 60.0 Å². The summed E-state index contributed by atoms with van der Waals surface area (Å²) < 4.78 is 11.4. The van der Waals surface area contributed by atoms with Gasteiger partial charge in [0.15, 0.2) is 0 Å². The topological polar surface area (TPSA) is 47.6 Å². The van der Waals surface area contributed by atoms with Crippen LogP contribution in [0, 0.1) is 12.8 Å². The minimum Gasteiger partial charge on any atom is -0.494 e. The molecule has 0 bridgehead atoms. The fourth-order valence-electron chi connectivity index (χ4n) is 2.63. The van der Waals surface area contributed by atoms with Gasteiger partial charge in [0.2, 0.25) is 0 Å². The lowest BCUT2D eigenvalue weighted by molar-refractivity contribution is -0.141. The Morgan fingerprint density at radius 1 is 1.30 bits per heavy atom. The number of carbonyl (C=O) groups excluding carboxylic acids is 1. The molecule has 0 fully saturated rings. The summed E-state index contributed by atoms with van der Waals surface area (Å²) in [4.78, 5) is 12.7. The van der Waals surface area contributed by atoms with Crippen molar-refractivity contribution in [3.05, 3.63) is 23.8 Å². The lowest BCUT2D eigenvalue weighted by atomic mass is 9.93. The van der Waals surface area contributed by atoms with Crippen LogP contribution >= 0.6 is 0 Å². The van der Waals surface area contributed by atoms with E-state index >= 15 is 0 Å². The molecule has 130 valence electrons. The third kappa shape index (κ3) is 5.87. The Bertz CT molecular complexity index is 513. The monoisotopic (exact) mass is 321 g/mol. The number of carbonyl (C=O) groups is 1. The second kappa shape index (κ2) is 8.92. The van der Waals surface area contributed by atoms with E-state index < -0.39 is 5.60 Å². The van der Waals surface area contributed by atoms with Gasteiger partial charge in [-0.2, -0.15) is 0 Å². The van der Waals surface area contributed by atoms with Gasteiger partial charge in [0.05, 0.1) is 6.61 Å². The van der Waals surface area contributed by atoms with Crippen LogP contribution in [0.2, 0.25) is 0 Å². The Kier molecular flexibility index (Phi) is 7.56. The number of nitrogens with one attached hydrogen (secondary N) is 1. The Labute approximate surface area is 140 Å². The first-order valence-electron chi connectivity index (χ1n) is 8.51. The highest BCUT2D eigenvalue weighted by Crippen LogP contribution is 2.26. The van der Waals surface area contributed by atoms with Gasteiger partial charge in [0, 0.05) is 12.3 Å². The SMILES string of the molecule is CCCO[C@@](C)(CC(C)C)C(=O)Nc1ccc(OCC)c(C)c1. The number of anilines is 1. The van der Waals surface area contributed by atoms with Crippen molar-refractivity contribution < 1.29 is 14.3 Å². The second-order valence-corrected chi connectivity index (χ2v) is 6.54. The van der Waals surface area contributed by atoms with Crippen molar-refractivity contribution in [3.63, 3.8) is 0 Å². The summed E-state index contributed by atoms with van der Waals surface area (Å²) in [6.07, 6.45) is 1.58. The van der Waals surface area contributed by atoms with Crippen molar-refractivity contribution in [3.8, 4) is 5.75 Å². The molecule has 4 nitrogen and oxygen atoms in total. The number of ether oxygens (including phenoxy) is 2. The molecule has 0 aromatic heterocycles. The number of rotatable bonds is 9. The minimum absolute atomic E-state index is 0.0943. The molecule has 0 unspecified atom stereocenters. The van der Waals surface area contributed by atoms with E-state index in [2.05, 4.69) is 19.2 Å². The lowest BCUT2D eigenvalue weighted by Gasteiger charge is -2.30. The van der Waals surface area contributed by atoms with Gasteiger partial charge < -0.3 is 14.8 Å². The van der Waals surface area contributed by atoms with Gasteiger partial charge >= 0.3 is 0 Å². The van der Waals surface area contributed by atoms with Gasteiger partial charge in [0.25, 0.3) is 5.91 Å². The molecule has 0 aliphatic heterocycles. The quantitative estimate of drug-likeness (QED) is 0.725. The molecule has 0 saturated heterocycles.